The van der Waals surface area contributed by atoms with Crippen LogP contribution < -0.4 is 5.32 Å². The van der Waals surface area contributed by atoms with Gasteiger partial charge in [-0.2, -0.15) is 5.26 Å². The molecule has 32 heavy (non-hydrogen) atoms. The monoisotopic (exact) mass is 438 g/mol. The number of carbonyl (C=O) groups is 2. The van der Waals surface area contributed by atoms with Crippen LogP contribution in [0.5, 0.6) is 0 Å². The van der Waals surface area contributed by atoms with Crippen LogP contribution >= 0.6 is 0 Å². The van der Waals surface area contributed by atoms with Crippen molar-refractivity contribution in [3.63, 3.8) is 0 Å². The first-order valence-electron chi connectivity index (χ1n) is 10.1. The summed E-state index contributed by atoms with van der Waals surface area (Å²) < 4.78 is 7.24. The summed E-state index contributed by atoms with van der Waals surface area (Å²) in [7, 11) is 0. The van der Waals surface area contributed by atoms with E-state index in [9.17, 15) is 25.0 Å². The van der Waals surface area contributed by atoms with Crippen molar-refractivity contribution in [1.29, 1.82) is 5.26 Å². The number of nitrogens with one attached hydrogen (secondary N) is 1. The highest BCUT2D eigenvalue weighted by atomic mass is 16.6. The normalized spacial score (nSPS) is 12.2. The third-order valence-electron chi connectivity index (χ3n) is 4.81. The maximum absolute atomic E-state index is 12.5. The number of nitrogens with zero attached hydrogens (tertiary/aromatic N) is 3. The predicted octanol–water partition coefficient (Wildman–Crippen LogP) is 4.15. The Morgan fingerprint density at radius 2 is 1.94 bits per heavy atom. The Balaban J connectivity index is 2.16. The molecule has 1 N–H and O–H groups in total. The Morgan fingerprint density at radius 3 is 2.53 bits per heavy atom. The first-order chi connectivity index (χ1) is 15.0. The lowest BCUT2D eigenvalue weighted by atomic mass is 10.1. The number of rotatable bonds is 8. The van der Waals surface area contributed by atoms with Crippen molar-refractivity contribution in [2.45, 2.75) is 47.3 Å². The van der Waals surface area contributed by atoms with Crippen molar-refractivity contribution >= 4 is 29.3 Å². The number of amides is 1. The summed E-state index contributed by atoms with van der Waals surface area (Å²) in [5.41, 5.74) is 2.09. The molecule has 1 amide bonds. The quantitative estimate of drug-likeness (QED) is 0.217. The number of nitro groups is 1. The summed E-state index contributed by atoms with van der Waals surface area (Å²) in [6, 6.07) is 9.33. The molecule has 1 atom stereocenters. The fourth-order valence-electron chi connectivity index (χ4n) is 3.16. The van der Waals surface area contributed by atoms with Crippen molar-refractivity contribution < 1.29 is 19.2 Å². The van der Waals surface area contributed by atoms with Crippen molar-refractivity contribution in [3.05, 3.63) is 63.0 Å². The van der Waals surface area contributed by atoms with E-state index in [2.05, 4.69) is 23.7 Å². The van der Waals surface area contributed by atoms with Crippen LogP contribution in [-0.2, 0) is 20.9 Å². The SMILES string of the molecule is Cc1cc(/C=C(\C#N)C(=O)OC(C)C(=O)Nc2ccccc2[N+](=O)[O-])c(C)n1CC(C)C. The molecule has 0 fully saturated rings. The standard InChI is InChI=1S/C23H26N4O5/c1-14(2)13-26-15(3)10-18(16(26)4)11-19(12-24)23(29)32-17(5)22(28)25-20-8-6-7-9-21(20)27(30)31/h6-11,14,17H,13H2,1-5H3,(H,25,28)/b19-11+. The first-order valence-corrected chi connectivity index (χ1v) is 10.1. The number of esters is 1. The molecule has 2 rings (SSSR count). The number of aryl methyl sites for hydroxylation is 1. The maximum Gasteiger partial charge on any atom is 0.349 e. The van der Waals surface area contributed by atoms with E-state index in [-0.39, 0.29) is 16.9 Å². The number of para-hydroxylation sites is 2. The van der Waals surface area contributed by atoms with Crippen molar-refractivity contribution in [3.8, 4) is 6.07 Å². The smallest absolute Gasteiger partial charge is 0.349 e. The number of benzene rings is 1. The van der Waals surface area contributed by atoms with Gasteiger partial charge in [-0.05, 0) is 50.5 Å². The van der Waals surface area contributed by atoms with Crippen LogP contribution in [0.2, 0.25) is 0 Å². The maximum atomic E-state index is 12.5. The second-order valence-electron chi connectivity index (χ2n) is 7.81. The summed E-state index contributed by atoms with van der Waals surface area (Å²) in [5.74, 6) is -1.27. The summed E-state index contributed by atoms with van der Waals surface area (Å²) >= 11 is 0. The number of nitro benzene ring substituents is 1. The zero-order valence-corrected chi connectivity index (χ0v) is 18.7. The third-order valence-corrected chi connectivity index (χ3v) is 4.81. The highest BCUT2D eigenvalue weighted by Gasteiger charge is 2.23. The van der Waals surface area contributed by atoms with Gasteiger partial charge in [0.1, 0.15) is 17.3 Å². The average molecular weight is 438 g/mol. The Bertz CT molecular complexity index is 1110. The fourth-order valence-corrected chi connectivity index (χ4v) is 3.16. The topological polar surface area (TPSA) is 127 Å². The van der Waals surface area contributed by atoms with Gasteiger partial charge in [0.05, 0.1) is 4.92 Å². The Kier molecular flexibility index (Phi) is 7.91. The Morgan fingerprint density at radius 1 is 1.28 bits per heavy atom. The zero-order valence-electron chi connectivity index (χ0n) is 18.7. The first kappa shape index (κ1) is 24.3. The highest BCUT2D eigenvalue weighted by Crippen LogP contribution is 2.24. The molecular weight excluding hydrogens is 412 g/mol. The minimum Gasteiger partial charge on any atom is -0.448 e. The molecule has 0 aliphatic rings. The molecule has 1 unspecified atom stereocenters. The molecule has 1 aromatic carbocycles. The number of anilines is 1. The largest absolute Gasteiger partial charge is 0.448 e. The van der Waals surface area contributed by atoms with Crippen LogP contribution in [0.3, 0.4) is 0 Å². The molecule has 0 aliphatic carbocycles. The number of carbonyl (C=O) groups excluding carboxylic acids is 2. The number of hydrogen-bond donors (Lipinski definition) is 1. The number of nitriles is 1. The molecule has 9 heteroatoms. The minimum atomic E-state index is -1.27. The zero-order chi connectivity index (χ0) is 24.0. The molecule has 1 aromatic heterocycles. The van der Waals surface area contributed by atoms with Gasteiger partial charge in [-0.15, -0.1) is 0 Å². The van der Waals surface area contributed by atoms with Crippen LogP contribution in [0.1, 0.15) is 37.7 Å². The molecule has 0 bridgehead atoms. The van der Waals surface area contributed by atoms with Crippen LogP contribution in [0, 0.1) is 41.2 Å². The van der Waals surface area contributed by atoms with E-state index in [1.165, 1.54) is 37.3 Å². The van der Waals surface area contributed by atoms with Gasteiger partial charge in [0, 0.05) is 24.0 Å². The van der Waals surface area contributed by atoms with Crippen molar-refractivity contribution in [1.82, 2.24) is 4.57 Å². The lowest BCUT2D eigenvalue weighted by molar-refractivity contribution is -0.383. The molecule has 9 nitrogen and oxygen atoms in total. The van der Waals surface area contributed by atoms with Crippen LogP contribution in [-0.4, -0.2) is 27.5 Å². The molecular formula is C23H26N4O5. The predicted molar refractivity (Wildman–Crippen MR) is 120 cm³/mol. The van der Waals surface area contributed by atoms with Gasteiger partial charge in [0.15, 0.2) is 6.10 Å². The summed E-state index contributed by atoms with van der Waals surface area (Å²) in [6.45, 7) is 10.2. The molecule has 0 spiro atoms. The van der Waals surface area contributed by atoms with Gasteiger partial charge in [-0.1, -0.05) is 26.0 Å². The lowest BCUT2D eigenvalue weighted by Crippen LogP contribution is -2.30. The number of aromatic nitrogens is 1. The molecule has 0 aliphatic heterocycles. The molecule has 0 saturated carbocycles. The molecule has 0 radical (unpaired) electrons. The van der Waals surface area contributed by atoms with Gasteiger partial charge in [-0.3, -0.25) is 14.9 Å². The Hall–Kier alpha value is -3.93. The van der Waals surface area contributed by atoms with Gasteiger partial charge in [0.25, 0.3) is 11.6 Å². The fraction of sp³-hybridized carbons (Fsp3) is 0.348. The summed E-state index contributed by atoms with van der Waals surface area (Å²) in [6.07, 6.45) is 0.168. The molecule has 1 heterocycles. The summed E-state index contributed by atoms with van der Waals surface area (Å²) in [5, 5.41) is 22.9. The third kappa shape index (κ3) is 5.82. The molecule has 168 valence electrons. The van der Waals surface area contributed by atoms with Crippen molar-refractivity contribution in [2.24, 2.45) is 5.92 Å². The van der Waals surface area contributed by atoms with Gasteiger partial charge >= 0.3 is 5.97 Å². The van der Waals surface area contributed by atoms with Crippen LogP contribution in [0.4, 0.5) is 11.4 Å². The van der Waals surface area contributed by atoms with E-state index >= 15 is 0 Å². The summed E-state index contributed by atoms with van der Waals surface area (Å²) in [4.78, 5) is 35.3. The average Bonchev–Trinajstić information content (AvgIpc) is 2.98. The van der Waals surface area contributed by atoms with Crippen molar-refractivity contribution in [2.75, 3.05) is 5.32 Å². The van der Waals surface area contributed by atoms with Crippen LogP contribution in [0.25, 0.3) is 6.08 Å². The second kappa shape index (κ2) is 10.4. The highest BCUT2D eigenvalue weighted by molar-refractivity contribution is 6.01. The Labute approximate surface area is 186 Å². The second-order valence-corrected chi connectivity index (χ2v) is 7.81. The number of ether oxygens (including phenoxy) is 1. The van der Waals surface area contributed by atoms with E-state index in [1.54, 1.807) is 0 Å². The van der Waals surface area contributed by atoms with Gasteiger partial charge in [0.2, 0.25) is 0 Å². The van der Waals surface area contributed by atoms with E-state index in [1.807, 2.05) is 26.0 Å². The van der Waals surface area contributed by atoms with E-state index in [4.69, 9.17) is 4.74 Å². The number of hydrogen-bond acceptors (Lipinski definition) is 6. The van der Waals surface area contributed by atoms with E-state index < -0.39 is 22.9 Å². The van der Waals surface area contributed by atoms with Gasteiger partial charge in [-0.25, -0.2) is 4.79 Å². The molecule has 0 saturated heterocycles. The molecule has 2 aromatic rings. The van der Waals surface area contributed by atoms with E-state index in [0.29, 0.717) is 11.5 Å². The van der Waals surface area contributed by atoms with Gasteiger partial charge < -0.3 is 14.6 Å². The van der Waals surface area contributed by atoms with Crippen LogP contribution in [0.15, 0.2) is 35.9 Å². The minimum absolute atomic E-state index is 0.0148. The lowest BCUT2D eigenvalue weighted by Gasteiger charge is -2.13. The van der Waals surface area contributed by atoms with E-state index in [0.717, 1.165) is 17.9 Å².